The SMILES string of the molecule is Fc1cc(OC2CC2)cc(F)c1-c1cccc2c1CCC2. The van der Waals surface area contributed by atoms with Gasteiger partial charge in [-0.1, -0.05) is 18.2 Å². The zero-order valence-corrected chi connectivity index (χ0v) is 11.7. The molecule has 0 aliphatic heterocycles. The van der Waals surface area contributed by atoms with Crippen LogP contribution in [-0.2, 0) is 12.8 Å². The summed E-state index contributed by atoms with van der Waals surface area (Å²) in [5, 5.41) is 0. The van der Waals surface area contributed by atoms with Crippen LogP contribution in [0.2, 0.25) is 0 Å². The maximum Gasteiger partial charge on any atom is 0.137 e. The van der Waals surface area contributed by atoms with Crippen molar-refractivity contribution in [3.63, 3.8) is 0 Å². The summed E-state index contributed by atoms with van der Waals surface area (Å²) in [5.74, 6) is -0.777. The largest absolute Gasteiger partial charge is 0.490 e. The van der Waals surface area contributed by atoms with E-state index in [0.29, 0.717) is 11.3 Å². The van der Waals surface area contributed by atoms with Gasteiger partial charge in [-0.15, -0.1) is 0 Å². The van der Waals surface area contributed by atoms with Gasteiger partial charge in [0, 0.05) is 12.1 Å². The summed E-state index contributed by atoms with van der Waals surface area (Å²) in [6.45, 7) is 0. The van der Waals surface area contributed by atoms with Crippen LogP contribution in [0.5, 0.6) is 5.75 Å². The van der Waals surface area contributed by atoms with Crippen LogP contribution in [0.4, 0.5) is 8.78 Å². The number of benzene rings is 2. The quantitative estimate of drug-likeness (QED) is 0.797. The van der Waals surface area contributed by atoms with Gasteiger partial charge in [-0.05, 0) is 48.8 Å². The standard InChI is InChI=1S/C18H16F2O/c19-16-9-13(21-12-7-8-12)10-17(20)18(16)15-6-2-4-11-3-1-5-14(11)15/h2,4,6,9-10,12H,1,3,5,7-8H2. The van der Waals surface area contributed by atoms with Gasteiger partial charge in [0.05, 0.1) is 11.7 Å². The normalized spacial score (nSPS) is 16.9. The molecule has 0 heterocycles. The summed E-state index contributed by atoms with van der Waals surface area (Å²) in [6.07, 6.45) is 5.02. The van der Waals surface area contributed by atoms with E-state index in [-0.39, 0.29) is 11.7 Å². The van der Waals surface area contributed by atoms with Gasteiger partial charge in [-0.25, -0.2) is 8.78 Å². The Balaban J connectivity index is 1.80. The van der Waals surface area contributed by atoms with Crippen molar-refractivity contribution >= 4 is 0 Å². The van der Waals surface area contributed by atoms with Crippen molar-refractivity contribution in [3.05, 3.63) is 53.1 Å². The second kappa shape index (κ2) is 4.83. The Morgan fingerprint density at radius 3 is 2.48 bits per heavy atom. The second-order valence-electron chi connectivity index (χ2n) is 5.88. The molecule has 0 spiro atoms. The minimum absolute atomic E-state index is 0.0805. The minimum Gasteiger partial charge on any atom is -0.490 e. The van der Waals surface area contributed by atoms with Crippen molar-refractivity contribution in [2.24, 2.45) is 0 Å². The third kappa shape index (κ3) is 2.31. The first-order valence-corrected chi connectivity index (χ1v) is 7.49. The van der Waals surface area contributed by atoms with E-state index in [4.69, 9.17) is 4.74 Å². The van der Waals surface area contributed by atoms with Crippen LogP contribution >= 0.6 is 0 Å². The summed E-state index contributed by atoms with van der Waals surface area (Å²) in [4.78, 5) is 0. The summed E-state index contributed by atoms with van der Waals surface area (Å²) in [5.41, 5.74) is 3.07. The Morgan fingerprint density at radius 2 is 1.76 bits per heavy atom. The molecule has 0 unspecified atom stereocenters. The molecule has 0 amide bonds. The molecule has 21 heavy (non-hydrogen) atoms. The van der Waals surface area contributed by atoms with Crippen LogP contribution in [0.25, 0.3) is 11.1 Å². The Hall–Kier alpha value is -1.90. The molecule has 2 aromatic rings. The highest BCUT2D eigenvalue weighted by molar-refractivity contribution is 5.71. The van der Waals surface area contributed by atoms with Gasteiger partial charge in [0.25, 0.3) is 0 Å². The van der Waals surface area contributed by atoms with Crippen molar-refractivity contribution in [2.45, 2.75) is 38.2 Å². The predicted molar refractivity (Wildman–Crippen MR) is 77.5 cm³/mol. The van der Waals surface area contributed by atoms with Crippen molar-refractivity contribution in [2.75, 3.05) is 0 Å². The molecule has 2 aliphatic carbocycles. The lowest BCUT2D eigenvalue weighted by atomic mass is 9.96. The number of halogens is 2. The van der Waals surface area contributed by atoms with Crippen molar-refractivity contribution in [3.8, 4) is 16.9 Å². The highest BCUT2D eigenvalue weighted by Crippen LogP contribution is 2.37. The third-order valence-electron chi connectivity index (χ3n) is 4.26. The predicted octanol–water partition coefficient (Wildman–Crippen LogP) is 4.66. The van der Waals surface area contributed by atoms with E-state index >= 15 is 0 Å². The van der Waals surface area contributed by atoms with Gasteiger partial charge in [0.1, 0.15) is 17.4 Å². The minimum atomic E-state index is -0.536. The first-order valence-electron chi connectivity index (χ1n) is 7.49. The maximum atomic E-state index is 14.4. The monoisotopic (exact) mass is 286 g/mol. The number of fused-ring (bicyclic) bond motifs is 1. The molecule has 0 bridgehead atoms. The fourth-order valence-corrected chi connectivity index (χ4v) is 3.11. The van der Waals surface area contributed by atoms with E-state index in [9.17, 15) is 8.78 Å². The number of hydrogen-bond donors (Lipinski definition) is 0. The Morgan fingerprint density at radius 1 is 1.00 bits per heavy atom. The van der Waals surface area contributed by atoms with Crippen LogP contribution in [0.15, 0.2) is 30.3 Å². The van der Waals surface area contributed by atoms with Crippen LogP contribution < -0.4 is 4.74 Å². The molecule has 1 nitrogen and oxygen atoms in total. The molecule has 108 valence electrons. The second-order valence-corrected chi connectivity index (χ2v) is 5.88. The average molecular weight is 286 g/mol. The van der Waals surface area contributed by atoms with Crippen LogP contribution in [0, 0.1) is 11.6 Å². The molecule has 0 aromatic heterocycles. The molecular formula is C18H16F2O. The van der Waals surface area contributed by atoms with Crippen molar-refractivity contribution in [1.29, 1.82) is 0 Å². The molecule has 4 rings (SSSR count). The fourth-order valence-electron chi connectivity index (χ4n) is 3.11. The molecule has 0 N–H and O–H groups in total. The number of aryl methyl sites for hydroxylation is 1. The summed E-state index contributed by atoms with van der Waals surface area (Å²) < 4.78 is 34.3. The number of ether oxygens (including phenoxy) is 1. The van der Waals surface area contributed by atoms with E-state index in [1.54, 1.807) is 0 Å². The van der Waals surface area contributed by atoms with Gasteiger partial charge < -0.3 is 4.74 Å². The van der Waals surface area contributed by atoms with Gasteiger partial charge in [0.15, 0.2) is 0 Å². The van der Waals surface area contributed by atoms with Crippen molar-refractivity contribution in [1.82, 2.24) is 0 Å². The molecule has 0 saturated heterocycles. The zero-order valence-electron chi connectivity index (χ0n) is 11.7. The van der Waals surface area contributed by atoms with E-state index in [1.807, 2.05) is 18.2 Å². The summed E-state index contributed by atoms with van der Waals surface area (Å²) >= 11 is 0. The lowest BCUT2D eigenvalue weighted by molar-refractivity contribution is 0.300. The molecule has 2 aliphatic rings. The van der Waals surface area contributed by atoms with Gasteiger partial charge in [-0.2, -0.15) is 0 Å². The van der Waals surface area contributed by atoms with Crippen LogP contribution in [0.3, 0.4) is 0 Å². The molecule has 3 heteroatoms. The topological polar surface area (TPSA) is 9.23 Å². The van der Waals surface area contributed by atoms with Gasteiger partial charge in [-0.3, -0.25) is 0 Å². The zero-order chi connectivity index (χ0) is 14.4. The molecule has 1 saturated carbocycles. The number of rotatable bonds is 3. The van der Waals surface area contributed by atoms with Gasteiger partial charge in [0.2, 0.25) is 0 Å². The Bertz CT molecular complexity index is 681. The smallest absolute Gasteiger partial charge is 0.137 e. The first-order chi connectivity index (χ1) is 10.2. The van der Waals surface area contributed by atoms with E-state index < -0.39 is 11.6 Å². The molecular weight excluding hydrogens is 270 g/mol. The highest BCUT2D eigenvalue weighted by Gasteiger charge is 2.25. The average Bonchev–Trinajstić information content (AvgIpc) is 3.12. The highest BCUT2D eigenvalue weighted by atomic mass is 19.1. The Labute approximate surface area is 122 Å². The van der Waals surface area contributed by atoms with Crippen molar-refractivity contribution < 1.29 is 13.5 Å². The lowest BCUT2D eigenvalue weighted by Gasteiger charge is -2.12. The lowest BCUT2D eigenvalue weighted by Crippen LogP contribution is -2.00. The van der Waals surface area contributed by atoms with E-state index in [0.717, 1.165) is 37.7 Å². The van der Waals surface area contributed by atoms with Gasteiger partial charge >= 0.3 is 0 Å². The molecule has 2 aromatic carbocycles. The maximum absolute atomic E-state index is 14.4. The molecule has 0 radical (unpaired) electrons. The third-order valence-corrected chi connectivity index (χ3v) is 4.26. The van der Waals surface area contributed by atoms with E-state index in [2.05, 4.69) is 0 Å². The number of hydrogen-bond acceptors (Lipinski definition) is 1. The fraction of sp³-hybridized carbons (Fsp3) is 0.333. The van der Waals surface area contributed by atoms with Crippen LogP contribution in [-0.4, -0.2) is 6.10 Å². The molecule has 0 atom stereocenters. The van der Waals surface area contributed by atoms with E-state index in [1.165, 1.54) is 17.7 Å². The van der Waals surface area contributed by atoms with Crippen LogP contribution in [0.1, 0.15) is 30.4 Å². The summed E-state index contributed by atoms with van der Waals surface area (Å²) in [7, 11) is 0. The first kappa shape index (κ1) is 12.8. The summed E-state index contributed by atoms with van der Waals surface area (Å²) in [6, 6.07) is 8.36. The Kier molecular flexibility index (Phi) is 2.95. The molecule has 1 fully saturated rings.